The monoisotopic (exact) mass is 246 g/mol. The molecule has 0 spiro atoms. The highest BCUT2D eigenvalue weighted by Crippen LogP contribution is 2.31. The Hall–Kier alpha value is -1.35. The van der Waals surface area contributed by atoms with Crippen LogP contribution in [0.4, 0.5) is 5.69 Å². The van der Waals surface area contributed by atoms with Gasteiger partial charge in [-0.05, 0) is 50.6 Å². The average Bonchev–Trinajstić information content (AvgIpc) is 2.38. The highest BCUT2D eigenvalue weighted by molar-refractivity contribution is 5.97. The normalized spacial score (nSPS) is 18.4. The quantitative estimate of drug-likeness (QED) is 0.868. The van der Waals surface area contributed by atoms with Crippen molar-refractivity contribution in [1.29, 1.82) is 0 Å². The summed E-state index contributed by atoms with van der Waals surface area (Å²) in [6, 6.07) is 8.10. The van der Waals surface area contributed by atoms with Crippen LogP contribution >= 0.6 is 0 Å². The number of anilines is 1. The van der Waals surface area contributed by atoms with E-state index in [1.165, 1.54) is 5.56 Å². The molecule has 0 aliphatic carbocycles. The van der Waals surface area contributed by atoms with Gasteiger partial charge < -0.3 is 10.2 Å². The fourth-order valence-electron chi connectivity index (χ4n) is 2.55. The molecule has 1 aliphatic heterocycles. The summed E-state index contributed by atoms with van der Waals surface area (Å²) in [7, 11) is 1.88. The van der Waals surface area contributed by atoms with Gasteiger partial charge in [0.25, 0.3) is 0 Å². The lowest BCUT2D eigenvalue weighted by Gasteiger charge is -2.36. The number of hydrogen-bond donors (Lipinski definition) is 1. The molecule has 1 aliphatic rings. The van der Waals surface area contributed by atoms with Crippen molar-refractivity contribution < 1.29 is 4.79 Å². The average molecular weight is 246 g/mol. The Morgan fingerprint density at radius 3 is 2.61 bits per heavy atom. The first-order valence-electron chi connectivity index (χ1n) is 6.58. The van der Waals surface area contributed by atoms with Crippen LogP contribution in [0.25, 0.3) is 0 Å². The molecule has 0 atom stereocenters. The first-order chi connectivity index (χ1) is 8.53. The van der Waals surface area contributed by atoms with Gasteiger partial charge in [-0.15, -0.1) is 0 Å². The molecule has 0 radical (unpaired) electrons. The Kier molecular flexibility index (Phi) is 3.71. The third-order valence-electron chi connectivity index (χ3n) is 3.92. The Morgan fingerprint density at radius 2 is 2.00 bits per heavy atom. The number of nitrogens with one attached hydrogen (secondary N) is 1. The molecule has 1 aromatic carbocycles. The minimum atomic E-state index is -0.219. The second-order valence-electron chi connectivity index (χ2n) is 5.51. The van der Waals surface area contributed by atoms with E-state index in [1.807, 2.05) is 32.2 Å². The predicted molar refractivity (Wildman–Crippen MR) is 74.8 cm³/mol. The first-order valence-corrected chi connectivity index (χ1v) is 6.58. The summed E-state index contributed by atoms with van der Waals surface area (Å²) in [5.41, 5.74) is 1.95. The number of carbonyl (C=O) groups is 1. The molecule has 1 heterocycles. The van der Waals surface area contributed by atoms with Gasteiger partial charge in [0, 0.05) is 18.2 Å². The summed E-state index contributed by atoms with van der Waals surface area (Å²) in [6.45, 7) is 6.00. The number of rotatable bonds is 2. The molecule has 98 valence electrons. The van der Waals surface area contributed by atoms with Gasteiger partial charge in [0.15, 0.2) is 0 Å². The second kappa shape index (κ2) is 5.11. The smallest absolute Gasteiger partial charge is 0.232 e. The fraction of sp³-hybridized carbons (Fsp3) is 0.533. The Balaban J connectivity index is 2.17. The number of aryl methyl sites for hydroxylation is 1. The van der Waals surface area contributed by atoms with Crippen LogP contribution in [-0.4, -0.2) is 26.0 Å². The van der Waals surface area contributed by atoms with Crippen molar-refractivity contribution in [2.24, 2.45) is 5.41 Å². The number of hydrogen-bond acceptors (Lipinski definition) is 2. The third-order valence-corrected chi connectivity index (χ3v) is 3.92. The zero-order valence-electron chi connectivity index (χ0n) is 11.5. The number of nitrogens with zero attached hydrogens (tertiary/aromatic N) is 1. The summed E-state index contributed by atoms with van der Waals surface area (Å²) < 4.78 is 0. The van der Waals surface area contributed by atoms with Gasteiger partial charge in [-0.3, -0.25) is 4.79 Å². The van der Waals surface area contributed by atoms with E-state index in [9.17, 15) is 4.79 Å². The largest absolute Gasteiger partial charge is 0.317 e. The molecule has 0 unspecified atom stereocenters. The van der Waals surface area contributed by atoms with Crippen LogP contribution in [0.3, 0.4) is 0 Å². The molecule has 1 N–H and O–H groups in total. The van der Waals surface area contributed by atoms with Crippen molar-refractivity contribution >= 4 is 11.6 Å². The molecule has 0 bridgehead atoms. The maximum atomic E-state index is 12.6. The predicted octanol–water partition coefficient (Wildman–Crippen LogP) is 2.35. The summed E-state index contributed by atoms with van der Waals surface area (Å²) >= 11 is 0. The van der Waals surface area contributed by atoms with E-state index in [4.69, 9.17) is 0 Å². The molecule has 0 saturated carbocycles. The summed E-state index contributed by atoms with van der Waals surface area (Å²) in [5, 5.41) is 3.31. The Morgan fingerprint density at radius 1 is 1.33 bits per heavy atom. The van der Waals surface area contributed by atoms with E-state index >= 15 is 0 Å². The number of piperidine rings is 1. The minimum Gasteiger partial charge on any atom is -0.317 e. The van der Waals surface area contributed by atoms with Gasteiger partial charge in [-0.2, -0.15) is 0 Å². The van der Waals surface area contributed by atoms with E-state index < -0.39 is 0 Å². The van der Waals surface area contributed by atoms with E-state index in [1.54, 1.807) is 4.90 Å². The van der Waals surface area contributed by atoms with Crippen molar-refractivity contribution in [1.82, 2.24) is 5.32 Å². The third kappa shape index (κ3) is 2.56. The number of carbonyl (C=O) groups excluding carboxylic acids is 1. The maximum absolute atomic E-state index is 12.6. The van der Waals surface area contributed by atoms with Crippen molar-refractivity contribution in [2.45, 2.75) is 26.7 Å². The first kappa shape index (κ1) is 13.1. The van der Waals surface area contributed by atoms with E-state index in [-0.39, 0.29) is 11.3 Å². The Labute approximate surface area is 109 Å². The molecular weight excluding hydrogens is 224 g/mol. The van der Waals surface area contributed by atoms with Gasteiger partial charge in [-0.1, -0.05) is 19.1 Å². The van der Waals surface area contributed by atoms with Crippen LogP contribution in [0.5, 0.6) is 0 Å². The van der Waals surface area contributed by atoms with Crippen LogP contribution in [0.15, 0.2) is 24.3 Å². The highest BCUT2D eigenvalue weighted by atomic mass is 16.2. The molecule has 3 nitrogen and oxygen atoms in total. The van der Waals surface area contributed by atoms with Crippen LogP contribution in [-0.2, 0) is 4.79 Å². The van der Waals surface area contributed by atoms with Gasteiger partial charge in [0.05, 0.1) is 0 Å². The summed E-state index contributed by atoms with van der Waals surface area (Å²) in [6.07, 6.45) is 1.84. The SMILES string of the molecule is Cc1cccc(N(C)C(=O)C2(C)CCNCC2)c1. The number of benzene rings is 1. The molecule has 18 heavy (non-hydrogen) atoms. The lowest BCUT2D eigenvalue weighted by atomic mass is 9.79. The van der Waals surface area contributed by atoms with Crippen molar-refractivity contribution in [3.05, 3.63) is 29.8 Å². The molecule has 0 aromatic heterocycles. The van der Waals surface area contributed by atoms with E-state index in [0.29, 0.717) is 0 Å². The zero-order chi connectivity index (χ0) is 13.2. The van der Waals surface area contributed by atoms with E-state index in [2.05, 4.69) is 18.3 Å². The molecule has 2 rings (SSSR count). The molecule has 3 heteroatoms. The minimum absolute atomic E-state index is 0.219. The van der Waals surface area contributed by atoms with E-state index in [0.717, 1.165) is 31.6 Å². The second-order valence-corrected chi connectivity index (χ2v) is 5.51. The van der Waals surface area contributed by atoms with Gasteiger partial charge in [0.2, 0.25) is 5.91 Å². The van der Waals surface area contributed by atoms with Crippen LogP contribution in [0.2, 0.25) is 0 Å². The Bertz CT molecular complexity index is 436. The molecule has 1 saturated heterocycles. The zero-order valence-corrected chi connectivity index (χ0v) is 11.5. The standard InChI is InChI=1S/C15H22N2O/c1-12-5-4-6-13(11-12)17(3)14(18)15(2)7-9-16-10-8-15/h4-6,11,16H,7-10H2,1-3H3. The molecule has 1 amide bonds. The maximum Gasteiger partial charge on any atom is 0.232 e. The summed E-state index contributed by atoms with van der Waals surface area (Å²) in [5.74, 6) is 0.231. The van der Waals surface area contributed by atoms with Gasteiger partial charge >= 0.3 is 0 Å². The van der Waals surface area contributed by atoms with Crippen LogP contribution in [0.1, 0.15) is 25.3 Å². The van der Waals surface area contributed by atoms with Gasteiger partial charge in [0.1, 0.15) is 0 Å². The lowest BCUT2D eigenvalue weighted by molar-refractivity contribution is -0.128. The molecule has 1 fully saturated rings. The molecular formula is C15H22N2O. The topological polar surface area (TPSA) is 32.3 Å². The highest BCUT2D eigenvalue weighted by Gasteiger charge is 2.36. The molecule has 1 aromatic rings. The van der Waals surface area contributed by atoms with Crippen LogP contribution < -0.4 is 10.2 Å². The van der Waals surface area contributed by atoms with Gasteiger partial charge in [-0.25, -0.2) is 0 Å². The fourth-order valence-corrected chi connectivity index (χ4v) is 2.55. The summed E-state index contributed by atoms with van der Waals surface area (Å²) in [4.78, 5) is 14.4. The van der Waals surface area contributed by atoms with Crippen LogP contribution in [0, 0.1) is 12.3 Å². The van der Waals surface area contributed by atoms with Crippen molar-refractivity contribution in [3.8, 4) is 0 Å². The van der Waals surface area contributed by atoms with Crippen molar-refractivity contribution in [3.63, 3.8) is 0 Å². The number of amides is 1. The lowest BCUT2D eigenvalue weighted by Crippen LogP contribution is -2.46. The van der Waals surface area contributed by atoms with Crippen molar-refractivity contribution in [2.75, 3.05) is 25.0 Å².